The molecule has 1 aliphatic rings. The first-order chi connectivity index (χ1) is 9.04. The average molecular weight is 330 g/mol. The van der Waals surface area contributed by atoms with Gasteiger partial charge in [0.25, 0.3) is 5.91 Å². The van der Waals surface area contributed by atoms with Crippen molar-refractivity contribution in [2.24, 2.45) is 0 Å². The maximum Gasteiger partial charge on any atom is 0.270 e. The van der Waals surface area contributed by atoms with Crippen molar-refractivity contribution in [3.63, 3.8) is 0 Å². The van der Waals surface area contributed by atoms with Crippen LogP contribution in [0.1, 0.15) is 23.8 Å². The average Bonchev–Trinajstić information content (AvgIpc) is 2.94. The molecule has 5 nitrogen and oxygen atoms in total. The van der Waals surface area contributed by atoms with Gasteiger partial charge in [-0.25, -0.2) is 0 Å². The standard InChI is InChI=1S/C13H20BrN3O2/c1-3-4-17-8-9(14)5-10(17)13(19)16(2)11-6-15-7-12(11)18/h5,8,11-12,15,18H,3-4,6-7H2,1-2H3/t11-,12-/m1/s1. The number of nitrogens with one attached hydrogen (secondary N) is 1. The SMILES string of the molecule is CCCn1cc(Br)cc1C(=O)N(C)[C@@H]1CNC[C@H]1O. The number of aliphatic hydroxyl groups excluding tert-OH is 1. The monoisotopic (exact) mass is 329 g/mol. The van der Waals surface area contributed by atoms with Crippen LogP contribution in [0, 0.1) is 0 Å². The summed E-state index contributed by atoms with van der Waals surface area (Å²) in [5, 5.41) is 13.0. The number of β-amino-alcohol motifs (C(OH)–C–C–N with tert-alkyl or cyclic N) is 1. The number of likely N-dealkylation sites (N-methyl/N-ethyl adjacent to an activating group) is 1. The minimum atomic E-state index is -0.494. The first-order valence-electron chi connectivity index (χ1n) is 6.56. The molecule has 19 heavy (non-hydrogen) atoms. The second kappa shape index (κ2) is 6.07. The Kier molecular flexibility index (Phi) is 4.65. The summed E-state index contributed by atoms with van der Waals surface area (Å²) in [6, 6.07) is 1.68. The lowest BCUT2D eigenvalue weighted by molar-refractivity contribution is 0.0571. The summed E-state index contributed by atoms with van der Waals surface area (Å²) in [6.07, 6.45) is 2.40. The molecular formula is C13H20BrN3O2. The van der Waals surface area contributed by atoms with Gasteiger partial charge in [-0.05, 0) is 28.4 Å². The van der Waals surface area contributed by atoms with Crippen LogP contribution in [0.2, 0.25) is 0 Å². The molecule has 6 heteroatoms. The Hall–Kier alpha value is -0.850. The van der Waals surface area contributed by atoms with Gasteiger partial charge in [0.2, 0.25) is 0 Å². The van der Waals surface area contributed by atoms with Crippen molar-refractivity contribution in [3.8, 4) is 0 Å². The minimum Gasteiger partial charge on any atom is -0.390 e. The molecule has 1 amide bonds. The third kappa shape index (κ3) is 3.01. The van der Waals surface area contributed by atoms with Crippen LogP contribution in [0.3, 0.4) is 0 Å². The van der Waals surface area contributed by atoms with Gasteiger partial charge in [0.05, 0.1) is 12.1 Å². The highest BCUT2D eigenvalue weighted by Crippen LogP contribution is 2.19. The number of aromatic nitrogens is 1. The predicted molar refractivity (Wildman–Crippen MR) is 77.2 cm³/mol. The summed E-state index contributed by atoms with van der Waals surface area (Å²) < 4.78 is 2.86. The molecule has 0 spiro atoms. The van der Waals surface area contributed by atoms with E-state index in [1.165, 1.54) is 0 Å². The number of halogens is 1. The Morgan fingerprint density at radius 1 is 1.63 bits per heavy atom. The van der Waals surface area contributed by atoms with Crippen LogP contribution < -0.4 is 5.32 Å². The molecule has 2 N–H and O–H groups in total. The van der Waals surface area contributed by atoms with E-state index < -0.39 is 6.10 Å². The van der Waals surface area contributed by atoms with E-state index in [-0.39, 0.29) is 11.9 Å². The minimum absolute atomic E-state index is 0.0492. The molecule has 0 aromatic carbocycles. The maximum atomic E-state index is 12.5. The molecule has 1 fully saturated rings. The second-order valence-corrected chi connectivity index (χ2v) is 5.86. The van der Waals surface area contributed by atoms with E-state index in [9.17, 15) is 9.90 Å². The van der Waals surface area contributed by atoms with Crippen molar-refractivity contribution >= 4 is 21.8 Å². The van der Waals surface area contributed by atoms with Gasteiger partial charge in [0, 0.05) is 37.4 Å². The largest absolute Gasteiger partial charge is 0.390 e. The molecule has 1 aromatic heterocycles. The molecule has 0 bridgehead atoms. The van der Waals surface area contributed by atoms with Gasteiger partial charge in [-0.3, -0.25) is 4.79 Å². The number of hydrogen-bond acceptors (Lipinski definition) is 3. The lowest BCUT2D eigenvalue weighted by Gasteiger charge is -2.26. The van der Waals surface area contributed by atoms with Crippen LogP contribution in [-0.4, -0.2) is 52.8 Å². The summed E-state index contributed by atoms with van der Waals surface area (Å²) >= 11 is 3.41. The summed E-state index contributed by atoms with van der Waals surface area (Å²) in [6.45, 7) is 4.07. The fourth-order valence-electron chi connectivity index (χ4n) is 2.46. The van der Waals surface area contributed by atoms with Crippen molar-refractivity contribution in [2.45, 2.75) is 32.0 Å². The van der Waals surface area contributed by atoms with Gasteiger partial charge in [0.15, 0.2) is 0 Å². The van der Waals surface area contributed by atoms with E-state index in [1.807, 2.05) is 16.8 Å². The van der Waals surface area contributed by atoms with Gasteiger partial charge in [-0.15, -0.1) is 0 Å². The highest BCUT2D eigenvalue weighted by molar-refractivity contribution is 9.10. The first-order valence-corrected chi connectivity index (χ1v) is 7.35. The number of aliphatic hydroxyl groups is 1. The Balaban J connectivity index is 2.18. The zero-order valence-electron chi connectivity index (χ0n) is 11.3. The van der Waals surface area contributed by atoms with E-state index >= 15 is 0 Å². The molecule has 1 saturated heterocycles. The van der Waals surface area contributed by atoms with Crippen molar-refractivity contribution in [3.05, 3.63) is 22.4 Å². The first kappa shape index (κ1) is 14.6. The summed E-state index contributed by atoms with van der Waals surface area (Å²) in [7, 11) is 1.75. The van der Waals surface area contributed by atoms with Gasteiger partial charge < -0.3 is 19.9 Å². The van der Waals surface area contributed by atoms with Crippen LogP contribution in [0.15, 0.2) is 16.7 Å². The quantitative estimate of drug-likeness (QED) is 0.868. The van der Waals surface area contributed by atoms with Crippen LogP contribution in [0.5, 0.6) is 0 Å². The number of aryl methyl sites for hydroxylation is 1. The van der Waals surface area contributed by atoms with Crippen LogP contribution in [-0.2, 0) is 6.54 Å². The number of carbonyl (C=O) groups is 1. The normalized spacial score (nSPS) is 22.7. The third-order valence-corrected chi connectivity index (χ3v) is 3.95. The van der Waals surface area contributed by atoms with Crippen molar-refractivity contribution in [1.29, 1.82) is 0 Å². The van der Waals surface area contributed by atoms with Gasteiger partial charge in [-0.1, -0.05) is 6.92 Å². The second-order valence-electron chi connectivity index (χ2n) is 4.95. The van der Waals surface area contributed by atoms with E-state index in [0.29, 0.717) is 18.8 Å². The number of carbonyl (C=O) groups excluding carboxylic acids is 1. The van der Waals surface area contributed by atoms with E-state index in [0.717, 1.165) is 17.4 Å². The summed E-state index contributed by atoms with van der Waals surface area (Å²) in [4.78, 5) is 14.2. The Morgan fingerprint density at radius 3 is 2.95 bits per heavy atom. The Morgan fingerprint density at radius 2 is 2.37 bits per heavy atom. The zero-order chi connectivity index (χ0) is 14.0. The van der Waals surface area contributed by atoms with Gasteiger partial charge in [0.1, 0.15) is 5.69 Å². The number of amides is 1. The highest BCUT2D eigenvalue weighted by atomic mass is 79.9. The molecule has 0 unspecified atom stereocenters. The highest BCUT2D eigenvalue weighted by Gasteiger charge is 2.32. The topological polar surface area (TPSA) is 57.5 Å². The van der Waals surface area contributed by atoms with E-state index in [4.69, 9.17) is 0 Å². The molecule has 0 radical (unpaired) electrons. The number of rotatable bonds is 4. The predicted octanol–water partition coefficient (Wildman–Crippen LogP) is 1.07. The molecule has 1 aromatic rings. The van der Waals surface area contributed by atoms with Crippen molar-refractivity contribution < 1.29 is 9.90 Å². The third-order valence-electron chi connectivity index (χ3n) is 3.52. The zero-order valence-corrected chi connectivity index (χ0v) is 12.9. The molecule has 106 valence electrons. The molecule has 0 saturated carbocycles. The molecule has 2 heterocycles. The van der Waals surface area contributed by atoms with Crippen LogP contribution >= 0.6 is 15.9 Å². The lowest BCUT2D eigenvalue weighted by Crippen LogP contribution is -2.44. The summed E-state index contributed by atoms with van der Waals surface area (Å²) in [5.74, 6) is -0.0492. The van der Waals surface area contributed by atoms with E-state index in [2.05, 4.69) is 28.2 Å². The number of nitrogens with zero attached hydrogens (tertiary/aromatic N) is 2. The molecule has 1 aliphatic heterocycles. The fraction of sp³-hybridized carbons (Fsp3) is 0.615. The number of hydrogen-bond donors (Lipinski definition) is 2. The maximum absolute atomic E-state index is 12.5. The Bertz CT molecular complexity index is 461. The lowest BCUT2D eigenvalue weighted by atomic mass is 10.2. The van der Waals surface area contributed by atoms with Crippen LogP contribution in [0.25, 0.3) is 0 Å². The molecular weight excluding hydrogens is 310 g/mol. The molecule has 2 atom stereocenters. The van der Waals surface area contributed by atoms with Crippen molar-refractivity contribution in [1.82, 2.24) is 14.8 Å². The van der Waals surface area contributed by atoms with Gasteiger partial charge in [-0.2, -0.15) is 0 Å². The van der Waals surface area contributed by atoms with Gasteiger partial charge >= 0.3 is 0 Å². The fourth-order valence-corrected chi connectivity index (χ4v) is 2.92. The van der Waals surface area contributed by atoms with Crippen LogP contribution in [0.4, 0.5) is 0 Å². The summed E-state index contributed by atoms with van der Waals surface area (Å²) in [5.41, 5.74) is 0.662. The van der Waals surface area contributed by atoms with E-state index in [1.54, 1.807) is 11.9 Å². The molecule has 2 rings (SSSR count). The smallest absolute Gasteiger partial charge is 0.270 e. The van der Waals surface area contributed by atoms with Crippen molar-refractivity contribution in [2.75, 3.05) is 20.1 Å². The molecule has 0 aliphatic carbocycles. The Labute approximate surface area is 121 Å².